The van der Waals surface area contributed by atoms with Crippen LogP contribution in [-0.2, 0) is 11.2 Å². The Hall–Kier alpha value is -3.03. The number of nitrogens with zero attached hydrogens (tertiary/aromatic N) is 1. The van der Waals surface area contributed by atoms with Crippen LogP contribution < -0.4 is 14.8 Å². The third-order valence-electron chi connectivity index (χ3n) is 7.94. The number of H-pyrrole nitrogens is 1. The Balaban J connectivity index is 1.45. The van der Waals surface area contributed by atoms with Gasteiger partial charge in [-0.1, -0.05) is 32.8 Å². The SMILES string of the molecule is CCCCC(CO)NCC(=O)N1CCC(c2ccc3[nH]c(-c4ccc(OC)c(OC)c4)c(CC)c3c2)CC1. The lowest BCUT2D eigenvalue weighted by molar-refractivity contribution is -0.131. The van der Waals surface area contributed by atoms with E-state index in [2.05, 4.69) is 48.4 Å². The number of ether oxygens (including phenoxy) is 2. The molecule has 3 aromatic rings. The Morgan fingerprint density at radius 3 is 2.53 bits per heavy atom. The van der Waals surface area contributed by atoms with Gasteiger partial charge in [0.2, 0.25) is 5.91 Å². The average Bonchev–Trinajstić information content (AvgIpc) is 3.34. The van der Waals surface area contributed by atoms with E-state index < -0.39 is 0 Å². The summed E-state index contributed by atoms with van der Waals surface area (Å²) in [6.07, 6.45) is 5.89. The van der Waals surface area contributed by atoms with Crippen LogP contribution in [0.1, 0.15) is 63.0 Å². The highest BCUT2D eigenvalue weighted by molar-refractivity contribution is 5.91. The number of piperidine rings is 1. The van der Waals surface area contributed by atoms with Crippen LogP contribution in [0.15, 0.2) is 36.4 Å². The summed E-state index contributed by atoms with van der Waals surface area (Å²) >= 11 is 0. The van der Waals surface area contributed by atoms with Gasteiger partial charge in [-0.05, 0) is 73.1 Å². The van der Waals surface area contributed by atoms with Crippen LogP contribution in [0, 0.1) is 0 Å². The molecule has 0 aliphatic carbocycles. The molecule has 1 atom stereocenters. The second-order valence-corrected chi connectivity index (χ2v) is 10.3. The number of likely N-dealkylation sites (tertiary alicyclic amines) is 1. The number of unbranched alkanes of at least 4 members (excludes halogenated alkanes) is 1. The van der Waals surface area contributed by atoms with Crippen molar-refractivity contribution in [2.75, 3.05) is 40.5 Å². The number of aromatic amines is 1. The van der Waals surface area contributed by atoms with Gasteiger partial charge in [0, 0.05) is 41.3 Å². The molecule has 2 aromatic carbocycles. The van der Waals surface area contributed by atoms with Crippen LogP contribution >= 0.6 is 0 Å². The zero-order valence-corrected chi connectivity index (χ0v) is 23.3. The summed E-state index contributed by atoms with van der Waals surface area (Å²) in [4.78, 5) is 18.4. The number of rotatable bonds is 12. The fourth-order valence-corrected chi connectivity index (χ4v) is 5.64. The van der Waals surface area contributed by atoms with Gasteiger partial charge in [-0.25, -0.2) is 0 Å². The van der Waals surface area contributed by atoms with Gasteiger partial charge in [-0.2, -0.15) is 0 Å². The minimum absolute atomic E-state index is 0.00108. The fraction of sp³-hybridized carbons (Fsp3) is 0.516. The predicted molar refractivity (Wildman–Crippen MR) is 153 cm³/mol. The van der Waals surface area contributed by atoms with Crippen molar-refractivity contribution < 1.29 is 19.4 Å². The van der Waals surface area contributed by atoms with Crippen molar-refractivity contribution in [3.63, 3.8) is 0 Å². The number of benzene rings is 2. The number of carbonyl (C=O) groups excluding carboxylic acids is 1. The summed E-state index contributed by atoms with van der Waals surface area (Å²) in [6, 6.07) is 12.8. The maximum absolute atomic E-state index is 12.8. The molecule has 0 bridgehead atoms. The van der Waals surface area contributed by atoms with E-state index >= 15 is 0 Å². The normalized spacial score (nSPS) is 15.1. The standard InChI is InChI=1S/C31H43N3O4/c1-5-7-8-24(20-35)32-19-30(36)34-15-13-21(14-16-34)22-9-11-27-26(17-22)25(6-2)31(33-27)23-10-12-28(37-3)29(18-23)38-4/h9-12,17-18,21,24,32-33,35H,5-8,13-16,19-20H2,1-4H3. The van der Waals surface area contributed by atoms with E-state index in [1.54, 1.807) is 14.2 Å². The predicted octanol–water partition coefficient (Wildman–Crippen LogP) is 5.26. The minimum atomic E-state index is 0.00108. The highest BCUT2D eigenvalue weighted by Gasteiger charge is 2.25. The molecule has 1 saturated heterocycles. The molecule has 0 spiro atoms. The van der Waals surface area contributed by atoms with E-state index in [1.807, 2.05) is 17.0 Å². The Kier molecular flexibility index (Phi) is 9.69. The number of aryl methyl sites for hydroxylation is 1. The summed E-state index contributed by atoms with van der Waals surface area (Å²) in [5.74, 6) is 2.01. The fourth-order valence-electron chi connectivity index (χ4n) is 5.64. The number of nitrogens with one attached hydrogen (secondary N) is 2. The lowest BCUT2D eigenvalue weighted by atomic mass is 9.88. The first-order valence-corrected chi connectivity index (χ1v) is 14.0. The largest absolute Gasteiger partial charge is 0.493 e. The zero-order chi connectivity index (χ0) is 27.1. The molecule has 7 heteroatoms. The molecule has 4 rings (SSSR count). The zero-order valence-electron chi connectivity index (χ0n) is 23.3. The molecule has 38 heavy (non-hydrogen) atoms. The molecule has 1 aromatic heterocycles. The van der Waals surface area contributed by atoms with Crippen LogP contribution in [-0.4, -0.2) is 67.4 Å². The van der Waals surface area contributed by atoms with Crippen molar-refractivity contribution in [1.29, 1.82) is 0 Å². The molecular formula is C31H43N3O4. The van der Waals surface area contributed by atoms with Gasteiger partial charge in [0.15, 0.2) is 11.5 Å². The van der Waals surface area contributed by atoms with Crippen molar-refractivity contribution in [3.8, 4) is 22.8 Å². The van der Waals surface area contributed by atoms with Gasteiger partial charge in [0.1, 0.15) is 0 Å². The third-order valence-corrected chi connectivity index (χ3v) is 7.94. The van der Waals surface area contributed by atoms with Crippen LogP contribution in [0.2, 0.25) is 0 Å². The summed E-state index contributed by atoms with van der Waals surface area (Å²) in [5.41, 5.74) is 5.98. The number of hydrogen-bond donors (Lipinski definition) is 3. The summed E-state index contributed by atoms with van der Waals surface area (Å²) < 4.78 is 11.0. The van der Waals surface area contributed by atoms with Crippen molar-refractivity contribution >= 4 is 16.8 Å². The van der Waals surface area contributed by atoms with E-state index in [1.165, 1.54) is 16.5 Å². The number of aliphatic hydroxyl groups excluding tert-OH is 1. The Labute approximate surface area is 226 Å². The number of fused-ring (bicyclic) bond motifs is 1. The number of aromatic nitrogens is 1. The molecule has 1 aliphatic heterocycles. The van der Waals surface area contributed by atoms with E-state index in [9.17, 15) is 9.90 Å². The average molecular weight is 522 g/mol. The first kappa shape index (κ1) is 28.0. The topological polar surface area (TPSA) is 86.8 Å². The van der Waals surface area contributed by atoms with Crippen molar-refractivity contribution in [3.05, 3.63) is 47.5 Å². The third kappa shape index (κ3) is 6.16. The molecule has 1 fully saturated rings. The number of methoxy groups -OCH3 is 2. The highest BCUT2D eigenvalue weighted by atomic mass is 16.5. The maximum Gasteiger partial charge on any atom is 0.236 e. The van der Waals surface area contributed by atoms with Crippen LogP contribution in [0.3, 0.4) is 0 Å². The molecule has 1 unspecified atom stereocenters. The van der Waals surface area contributed by atoms with Gasteiger partial charge in [-0.3, -0.25) is 4.79 Å². The Morgan fingerprint density at radius 1 is 1.11 bits per heavy atom. The molecule has 0 saturated carbocycles. The first-order chi connectivity index (χ1) is 18.5. The van der Waals surface area contributed by atoms with Gasteiger partial charge >= 0.3 is 0 Å². The summed E-state index contributed by atoms with van der Waals surface area (Å²) in [7, 11) is 3.31. The van der Waals surface area contributed by atoms with Crippen LogP contribution in [0.5, 0.6) is 11.5 Å². The molecule has 3 N–H and O–H groups in total. The second-order valence-electron chi connectivity index (χ2n) is 10.3. The van der Waals surface area contributed by atoms with Gasteiger partial charge in [0.05, 0.1) is 27.4 Å². The second kappa shape index (κ2) is 13.2. The smallest absolute Gasteiger partial charge is 0.236 e. The lowest BCUT2D eigenvalue weighted by Gasteiger charge is -2.33. The number of amides is 1. The van der Waals surface area contributed by atoms with Crippen molar-refractivity contribution in [2.24, 2.45) is 0 Å². The molecule has 7 nitrogen and oxygen atoms in total. The van der Waals surface area contributed by atoms with E-state index in [0.29, 0.717) is 12.5 Å². The minimum Gasteiger partial charge on any atom is -0.493 e. The summed E-state index contributed by atoms with van der Waals surface area (Å²) in [6.45, 7) is 6.25. The molecular weight excluding hydrogens is 478 g/mol. The monoisotopic (exact) mass is 521 g/mol. The molecule has 206 valence electrons. The first-order valence-electron chi connectivity index (χ1n) is 14.0. The molecule has 1 aliphatic rings. The van der Waals surface area contributed by atoms with Gasteiger partial charge in [0.25, 0.3) is 0 Å². The van der Waals surface area contributed by atoms with E-state index in [0.717, 1.165) is 79.9 Å². The quantitative estimate of drug-likeness (QED) is 0.303. The van der Waals surface area contributed by atoms with Crippen LogP contribution in [0.25, 0.3) is 22.2 Å². The maximum atomic E-state index is 12.8. The highest BCUT2D eigenvalue weighted by Crippen LogP contribution is 2.38. The van der Waals surface area contributed by atoms with Crippen molar-refractivity contribution in [2.45, 2.75) is 64.3 Å². The number of aliphatic hydroxyl groups is 1. The molecule has 2 heterocycles. The van der Waals surface area contributed by atoms with Crippen LogP contribution in [0.4, 0.5) is 0 Å². The van der Waals surface area contributed by atoms with Crippen molar-refractivity contribution in [1.82, 2.24) is 15.2 Å². The number of hydrogen-bond acceptors (Lipinski definition) is 5. The Morgan fingerprint density at radius 2 is 1.87 bits per heavy atom. The van der Waals surface area contributed by atoms with Gasteiger partial charge < -0.3 is 29.8 Å². The Bertz CT molecular complexity index is 1210. The van der Waals surface area contributed by atoms with E-state index in [-0.39, 0.29) is 18.6 Å². The van der Waals surface area contributed by atoms with E-state index in [4.69, 9.17) is 9.47 Å². The number of carbonyl (C=O) groups is 1. The summed E-state index contributed by atoms with van der Waals surface area (Å²) in [5, 5.41) is 14.1. The lowest BCUT2D eigenvalue weighted by Crippen LogP contribution is -2.45. The molecule has 1 amide bonds. The van der Waals surface area contributed by atoms with Gasteiger partial charge in [-0.15, -0.1) is 0 Å². The molecule has 0 radical (unpaired) electrons.